The highest BCUT2D eigenvalue weighted by atomic mass is 16.6. The van der Waals surface area contributed by atoms with E-state index in [9.17, 15) is 14.9 Å². The van der Waals surface area contributed by atoms with Gasteiger partial charge in [-0.3, -0.25) is 4.79 Å². The molecular weight excluding hydrogens is 212 g/mol. The molecule has 1 N–H and O–H groups in total. The third-order valence-electron chi connectivity index (χ3n) is 1.95. The monoisotopic (exact) mass is 226 g/mol. The standard InChI is InChI=1S/C9H14N4O3/c1-2-5-10-9(14)4-7-12-6-3-8(11-12)13(15)16/h3,6H,2,4-5,7H2,1H3,(H,10,14). The summed E-state index contributed by atoms with van der Waals surface area (Å²) in [6.07, 6.45) is 2.66. The van der Waals surface area contributed by atoms with E-state index in [1.165, 1.54) is 16.9 Å². The first-order chi connectivity index (χ1) is 7.63. The van der Waals surface area contributed by atoms with Crippen molar-refractivity contribution < 1.29 is 9.72 Å². The lowest BCUT2D eigenvalue weighted by Crippen LogP contribution is -2.25. The third-order valence-corrected chi connectivity index (χ3v) is 1.95. The molecule has 0 bridgehead atoms. The number of nitrogens with one attached hydrogen (secondary N) is 1. The summed E-state index contributed by atoms with van der Waals surface area (Å²) < 4.78 is 1.39. The van der Waals surface area contributed by atoms with Crippen LogP contribution in [0.25, 0.3) is 0 Å². The summed E-state index contributed by atoms with van der Waals surface area (Å²) in [5.74, 6) is -0.269. The molecule has 7 nitrogen and oxygen atoms in total. The van der Waals surface area contributed by atoms with Crippen LogP contribution in [0, 0.1) is 10.1 Å². The molecule has 0 saturated heterocycles. The van der Waals surface area contributed by atoms with Crippen LogP contribution < -0.4 is 5.32 Å². The van der Waals surface area contributed by atoms with E-state index in [-0.39, 0.29) is 18.1 Å². The molecule has 0 aliphatic carbocycles. The zero-order valence-corrected chi connectivity index (χ0v) is 9.05. The summed E-state index contributed by atoms with van der Waals surface area (Å²) in [7, 11) is 0. The third kappa shape index (κ3) is 3.68. The molecular formula is C9H14N4O3. The Morgan fingerprint density at radius 3 is 3.00 bits per heavy atom. The first-order valence-corrected chi connectivity index (χ1v) is 5.08. The van der Waals surface area contributed by atoms with Gasteiger partial charge in [0.05, 0.1) is 23.9 Å². The molecule has 0 aromatic carbocycles. The topological polar surface area (TPSA) is 90.1 Å². The van der Waals surface area contributed by atoms with Gasteiger partial charge in [0.1, 0.15) is 0 Å². The second kappa shape index (κ2) is 5.84. The predicted molar refractivity (Wildman–Crippen MR) is 56.8 cm³/mol. The van der Waals surface area contributed by atoms with Crippen LogP contribution in [-0.2, 0) is 11.3 Å². The van der Waals surface area contributed by atoms with Gasteiger partial charge in [-0.15, -0.1) is 0 Å². The number of hydrogen-bond acceptors (Lipinski definition) is 4. The van der Waals surface area contributed by atoms with Gasteiger partial charge in [-0.25, -0.2) is 0 Å². The van der Waals surface area contributed by atoms with Gasteiger partial charge in [-0.2, -0.15) is 4.68 Å². The smallest absolute Gasteiger partial charge is 0.358 e. The second-order valence-corrected chi connectivity index (χ2v) is 3.29. The SMILES string of the molecule is CCCNC(=O)CCn1ccc([N+](=O)[O-])n1. The average Bonchev–Trinajstić information content (AvgIpc) is 2.72. The molecule has 0 aliphatic rings. The van der Waals surface area contributed by atoms with E-state index in [1.807, 2.05) is 6.92 Å². The molecule has 16 heavy (non-hydrogen) atoms. The van der Waals surface area contributed by atoms with Gasteiger partial charge >= 0.3 is 5.82 Å². The van der Waals surface area contributed by atoms with Crippen molar-refractivity contribution in [1.82, 2.24) is 15.1 Å². The van der Waals surface area contributed by atoms with Crippen LogP contribution in [0.15, 0.2) is 12.3 Å². The molecule has 1 amide bonds. The maximum atomic E-state index is 11.2. The minimum atomic E-state index is -0.562. The van der Waals surface area contributed by atoms with Crippen molar-refractivity contribution in [2.45, 2.75) is 26.3 Å². The van der Waals surface area contributed by atoms with Gasteiger partial charge < -0.3 is 15.4 Å². The number of nitrogens with zero attached hydrogens (tertiary/aromatic N) is 3. The average molecular weight is 226 g/mol. The highest BCUT2D eigenvalue weighted by Crippen LogP contribution is 2.05. The summed E-state index contributed by atoms with van der Waals surface area (Å²) in [5.41, 5.74) is 0. The fourth-order valence-corrected chi connectivity index (χ4v) is 1.14. The maximum absolute atomic E-state index is 11.2. The number of nitro groups is 1. The summed E-state index contributed by atoms with van der Waals surface area (Å²) >= 11 is 0. The molecule has 1 aromatic rings. The Bertz CT molecular complexity index is 375. The molecule has 88 valence electrons. The van der Waals surface area contributed by atoms with Crippen LogP contribution in [-0.4, -0.2) is 27.2 Å². The molecule has 0 aliphatic heterocycles. The van der Waals surface area contributed by atoms with Gasteiger partial charge in [0.15, 0.2) is 0 Å². The quantitative estimate of drug-likeness (QED) is 0.571. The molecule has 1 heterocycles. The number of carbonyl (C=O) groups is 1. The minimum Gasteiger partial charge on any atom is -0.358 e. The molecule has 1 rings (SSSR count). The fraction of sp³-hybridized carbons (Fsp3) is 0.556. The van der Waals surface area contributed by atoms with E-state index in [0.717, 1.165) is 6.42 Å². The number of aromatic nitrogens is 2. The summed E-state index contributed by atoms with van der Waals surface area (Å²) in [4.78, 5) is 21.0. The largest absolute Gasteiger partial charge is 0.389 e. The Kier molecular flexibility index (Phi) is 4.43. The molecule has 0 fully saturated rings. The van der Waals surface area contributed by atoms with Crippen molar-refractivity contribution >= 4 is 11.7 Å². The summed E-state index contributed by atoms with van der Waals surface area (Å²) in [6.45, 7) is 2.97. The summed E-state index contributed by atoms with van der Waals surface area (Å²) in [5, 5.41) is 16.8. The van der Waals surface area contributed by atoms with E-state index in [1.54, 1.807) is 0 Å². The summed E-state index contributed by atoms with van der Waals surface area (Å²) in [6, 6.07) is 1.31. The normalized spacial score (nSPS) is 10.1. The van der Waals surface area contributed by atoms with E-state index < -0.39 is 4.92 Å². The molecule has 1 aromatic heterocycles. The van der Waals surface area contributed by atoms with Gasteiger partial charge in [0.2, 0.25) is 5.91 Å². The highest BCUT2D eigenvalue weighted by Gasteiger charge is 2.11. The fourth-order valence-electron chi connectivity index (χ4n) is 1.14. The molecule has 7 heteroatoms. The lowest BCUT2D eigenvalue weighted by atomic mass is 10.4. The van der Waals surface area contributed by atoms with Crippen LogP contribution in [0.5, 0.6) is 0 Å². The minimum absolute atomic E-state index is 0.0694. The van der Waals surface area contributed by atoms with E-state index in [2.05, 4.69) is 10.4 Å². The Balaban J connectivity index is 2.36. The molecule has 0 atom stereocenters. The van der Waals surface area contributed by atoms with Crippen LogP contribution in [0.4, 0.5) is 5.82 Å². The number of hydrogen-bond donors (Lipinski definition) is 1. The van der Waals surface area contributed by atoms with Crippen LogP contribution in [0.1, 0.15) is 19.8 Å². The number of carbonyl (C=O) groups excluding carboxylic acids is 1. The van der Waals surface area contributed by atoms with Crippen molar-refractivity contribution in [1.29, 1.82) is 0 Å². The zero-order valence-electron chi connectivity index (χ0n) is 9.05. The van der Waals surface area contributed by atoms with E-state index in [0.29, 0.717) is 13.1 Å². The molecule has 0 saturated carbocycles. The zero-order chi connectivity index (χ0) is 12.0. The molecule has 0 radical (unpaired) electrons. The Hall–Kier alpha value is -1.92. The van der Waals surface area contributed by atoms with Gasteiger partial charge in [-0.05, 0) is 11.3 Å². The highest BCUT2D eigenvalue weighted by molar-refractivity contribution is 5.75. The van der Waals surface area contributed by atoms with E-state index >= 15 is 0 Å². The number of amides is 1. The Morgan fingerprint density at radius 1 is 1.69 bits per heavy atom. The molecule has 0 unspecified atom stereocenters. The maximum Gasteiger partial charge on any atom is 0.389 e. The second-order valence-electron chi connectivity index (χ2n) is 3.29. The first kappa shape index (κ1) is 12.2. The van der Waals surface area contributed by atoms with Crippen molar-refractivity contribution in [3.05, 3.63) is 22.4 Å². The van der Waals surface area contributed by atoms with Crippen LogP contribution >= 0.6 is 0 Å². The first-order valence-electron chi connectivity index (χ1n) is 5.08. The van der Waals surface area contributed by atoms with Gasteiger partial charge in [-0.1, -0.05) is 6.92 Å². The van der Waals surface area contributed by atoms with Crippen molar-refractivity contribution in [2.75, 3.05) is 6.54 Å². The van der Waals surface area contributed by atoms with Crippen molar-refractivity contribution in [3.63, 3.8) is 0 Å². The van der Waals surface area contributed by atoms with Gasteiger partial charge in [0, 0.05) is 13.0 Å². The van der Waals surface area contributed by atoms with Crippen LogP contribution in [0.2, 0.25) is 0 Å². The van der Waals surface area contributed by atoms with Gasteiger partial charge in [0.25, 0.3) is 0 Å². The predicted octanol–water partition coefficient (Wildman–Crippen LogP) is 0.708. The number of rotatable bonds is 6. The molecule has 0 spiro atoms. The lowest BCUT2D eigenvalue weighted by Gasteiger charge is -2.01. The lowest BCUT2D eigenvalue weighted by molar-refractivity contribution is -0.389. The Labute approximate surface area is 92.6 Å². The van der Waals surface area contributed by atoms with Crippen LogP contribution in [0.3, 0.4) is 0 Å². The number of aryl methyl sites for hydroxylation is 1. The van der Waals surface area contributed by atoms with Crippen molar-refractivity contribution in [2.24, 2.45) is 0 Å². The van der Waals surface area contributed by atoms with E-state index in [4.69, 9.17) is 0 Å². The van der Waals surface area contributed by atoms with Crippen molar-refractivity contribution in [3.8, 4) is 0 Å². The Morgan fingerprint density at radius 2 is 2.44 bits per heavy atom.